The van der Waals surface area contributed by atoms with Gasteiger partial charge in [-0.2, -0.15) is 0 Å². The standard InChI is InChI=1S/C7H13.Na.H/c1-7-5-3-2-4-6-7;;/h7H,1-6H2;;. The van der Waals surface area contributed by atoms with Gasteiger partial charge in [0.2, 0.25) is 0 Å². The predicted molar refractivity (Wildman–Crippen MR) is 39.1 cm³/mol. The van der Waals surface area contributed by atoms with Gasteiger partial charge < -0.3 is 0 Å². The summed E-state index contributed by atoms with van der Waals surface area (Å²) in [5.74, 6) is 0.786. The Labute approximate surface area is 74.3 Å². The molecule has 43 valence electrons. The van der Waals surface area contributed by atoms with E-state index in [4.69, 9.17) is 0 Å². The second-order valence-corrected chi connectivity index (χ2v) is 2.50. The molecule has 0 spiro atoms. The van der Waals surface area contributed by atoms with Crippen LogP contribution in [0.5, 0.6) is 0 Å². The van der Waals surface area contributed by atoms with Crippen LogP contribution < -0.4 is 0 Å². The van der Waals surface area contributed by atoms with Gasteiger partial charge in [0.1, 0.15) is 0 Å². The van der Waals surface area contributed by atoms with E-state index in [1.807, 2.05) is 0 Å². The summed E-state index contributed by atoms with van der Waals surface area (Å²) < 4.78 is 0. The summed E-state index contributed by atoms with van der Waals surface area (Å²) in [6.07, 6.45) is 7.05. The van der Waals surface area contributed by atoms with Crippen LogP contribution in [-0.2, 0) is 0 Å². The Balaban J connectivity index is 0.000000490. The van der Waals surface area contributed by atoms with Crippen LogP contribution in [0.15, 0.2) is 0 Å². The van der Waals surface area contributed by atoms with Gasteiger partial charge >= 0.3 is 29.6 Å². The molecule has 0 N–H and O–H groups in total. The summed E-state index contributed by atoms with van der Waals surface area (Å²) in [6.45, 7) is 4.00. The van der Waals surface area contributed by atoms with Crippen molar-refractivity contribution in [3.05, 3.63) is 6.92 Å². The monoisotopic (exact) mass is 121 g/mol. The normalized spacial score (nSPS) is 22.1. The van der Waals surface area contributed by atoms with Gasteiger partial charge in [0.15, 0.2) is 0 Å². The molecule has 0 amide bonds. The Kier molecular flexibility index (Phi) is 5.44. The van der Waals surface area contributed by atoms with Gasteiger partial charge in [-0.15, -0.1) is 0 Å². The summed E-state index contributed by atoms with van der Waals surface area (Å²) in [5.41, 5.74) is 0. The maximum absolute atomic E-state index is 4.00. The molecule has 0 unspecified atom stereocenters. The van der Waals surface area contributed by atoms with Gasteiger partial charge in [0.05, 0.1) is 0 Å². The summed E-state index contributed by atoms with van der Waals surface area (Å²) in [7, 11) is 0. The molecule has 8 heavy (non-hydrogen) atoms. The van der Waals surface area contributed by atoms with Gasteiger partial charge in [-0.1, -0.05) is 39.0 Å². The quantitative estimate of drug-likeness (QED) is 0.428. The van der Waals surface area contributed by atoms with E-state index in [1.165, 1.54) is 32.1 Å². The van der Waals surface area contributed by atoms with E-state index in [9.17, 15) is 0 Å². The molecule has 0 aromatic carbocycles. The van der Waals surface area contributed by atoms with Crippen molar-refractivity contribution in [3.63, 3.8) is 0 Å². The van der Waals surface area contributed by atoms with Crippen LogP contribution in [0.1, 0.15) is 32.1 Å². The number of rotatable bonds is 0. The van der Waals surface area contributed by atoms with Crippen molar-refractivity contribution in [3.8, 4) is 0 Å². The van der Waals surface area contributed by atoms with Crippen molar-refractivity contribution in [1.29, 1.82) is 0 Å². The van der Waals surface area contributed by atoms with Crippen LogP contribution >= 0.6 is 0 Å². The molecular formula is C7H14Na. The van der Waals surface area contributed by atoms with Crippen molar-refractivity contribution in [2.75, 3.05) is 0 Å². The molecule has 1 rings (SSSR count). The minimum absolute atomic E-state index is 0. The first-order valence-electron chi connectivity index (χ1n) is 3.22. The zero-order valence-electron chi connectivity index (χ0n) is 4.82. The summed E-state index contributed by atoms with van der Waals surface area (Å²) in [4.78, 5) is 0. The first-order chi connectivity index (χ1) is 3.39. The Morgan fingerprint density at radius 1 is 1.00 bits per heavy atom. The molecule has 1 saturated carbocycles. The maximum atomic E-state index is 4.00. The fourth-order valence-corrected chi connectivity index (χ4v) is 1.19. The van der Waals surface area contributed by atoms with Crippen molar-refractivity contribution >= 4 is 29.6 Å². The van der Waals surface area contributed by atoms with Gasteiger partial charge in [-0.3, -0.25) is 0 Å². The molecule has 0 aliphatic heterocycles. The van der Waals surface area contributed by atoms with Crippen molar-refractivity contribution in [1.82, 2.24) is 0 Å². The van der Waals surface area contributed by atoms with E-state index < -0.39 is 0 Å². The molecule has 0 aromatic heterocycles. The molecule has 1 heteroatoms. The molecule has 0 bridgehead atoms. The molecule has 0 heterocycles. The molecule has 0 atom stereocenters. The SMILES string of the molecule is [CH2]C1CCCCC1.[NaH]. The first-order valence-corrected chi connectivity index (χ1v) is 3.22. The van der Waals surface area contributed by atoms with E-state index in [0.717, 1.165) is 5.92 Å². The third-order valence-corrected chi connectivity index (χ3v) is 1.72. The molecule has 1 aliphatic carbocycles. The second kappa shape index (κ2) is 4.84. The average molecular weight is 121 g/mol. The van der Waals surface area contributed by atoms with E-state index in [0.29, 0.717) is 0 Å². The second-order valence-electron chi connectivity index (χ2n) is 2.50. The number of hydrogen-bond donors (Lipinski definition) is 0. The number of hydrogen-bond acceptors (Lipinski definition) is 0. The Bertz CT molecular complexity index is 46.3. The average Bonchev–Trinajstić information content (AvgIpc) is 1.69. The van der Waals surface area contributed by atoms with Crippen molar-refractivity contribution < 1.29 is 0 Å². The van der Waals surface area contributed by atoms with E-state index >= 15 is 0 Å². The van der Waals surface area contributed by atoms with Gasteiger partial charge in [0.25, 0.3) is 0 Å². The van der Waals surface area contributed by atoms with Crippen LogP contribution in [0.4, 0.5) is 0 Å². The Morgan fingerprint density at radius 2 is 1.50 bits per heavy atom. The summed E-state index contributed by atoms with van der Waals surface area (Å²) >= 11 is 0. The molecular weight excluding hydrogens is 107 g/mol. The third kappa shape index (κ3) is 3.11. The third-order valence-electron chi connectivity index (χ3n) is 1.72. The van der Waals surface area contributed by atoms with Crippen LogP contribution in [-0.4, -0.2) is 29.6 Å². The van der Waals surface area contributed by atoms with Crippen molar-refractivity contribution in [2.45, 2.75) is 32.1 Å². The molecule has 0 aromatic rings. The van der Waals surface area contributed by atoms with E-state index in [-0.39, 0.29) is 29.6 Å². The van der Waals surface area contributed by atoms with E-state index in [2.05, 4.69) is 6.92 Å². The molecule has 0 nitrogen and oxygen atoms in total. The zero-order chi connectivity index (χ0) is 5.11. The molecule has 1 aliphatic rings. The van der Waals surface area contributed by atoms with Crippen LogP contribution in [0.3, 0.4) is 0 Å². The summed E-state index contributed by atoms with van der Waals surface area (Å²) in [6, 6.07) is 0. The predicted octanol–water partition coefficient (Wildman–Crippen LogP) is 1.75. The Morgan fingerprint density at radius 3 is 1.75 bits per heavy atom. The summed E-state index contributed by atoms with van der Waals surface area (Å²) in [5, 5.41) is 0. The van der Waals surface area contributed by atoms with Crippen molar-refractivity contribution in [2.24, 2.45) is 5.92 Å². The van der Waals surface area contributed by atoms with Crippen LogP contribution in [0.25, 0.3) is 0 Å². The molecule has 1 radical (unpaired) electrons. The van der Waals surface area contributed by atoms with Gasteiger partial charge in [-0.25, -0.2) is 0 Å². The topological polar surface area (TPSA) is 0 Å². The van der Waals surface area contributed by atoms with Gasteiger partial charge in [-0.05, 0) is 5.92 Å². The molecule has 1 fully saturated rings. The van der Waals surface area contributed by atoms with Gasteiger partial charge in [0, 0.05) is 0 Å². The first kappa shape index (κ1) is 9.00. The van der Waals surface area contributed by atoms with Crippen LogP contribution in [0.2, 0.25) is 0 Å². The Hall–Kier alpha value is 1.00. The fourth-order valence-electron chi connectivity index (χ4n) is 1.19. The van der Waals surface area contributed by atoms with E-state index in [1.54, 1.807) is 0 Å². The van der Waals surface area contributed by atoms with Crippen LogP contribution in [0, 0.1) is 12.8 Å². The minimum atomic E-state index is 0. The zero-order valence-corrected chi connectivity index (χ0v) is 4.82. The molecule has 0 saturated heterocycles. The fraction of sp³-hybridized carbons (Fsp3) is 0.857.